The number of carbonyl (C=O) groups is 1. The molecule has 2 fully saturated rings. The van der Waals surface area contributed by atoms with Crippen molar-refractivity contribution >= 4 is 38.4 Å². The number of thioether (sulfide) groups is 1. The maximum atomic E-state index is 12.0. The van der Waals surface area contributed by atoms with Crippen LogP contribution in [0.2, 0.25) is 0 Å². The maximum Gasteiger partial charge on any atom is 0.247 e. The van der Waals surface area contributed by atoms with Crippen LogP contribution in [0.4, 0.5) is 5.69 Å². The van der Waals surface area contributed by atoms with Crippen LogP contribution in [0.3, 0.4) is 0 Å². The number of anilines is 1. The van der Waals surface area contributed by atoms with Crippen molar-refractivity contribution in [1.29, 1.82) is 0 Å². The number of rotatable bonds is 2. The van der Waals surface area contributed by atoms with Crippen LogP contribution in [-0.2, 0) is 14.6 Å². The lowest BCUT2D eigenvalue weighted by atomic mass is 10.1. The van der Waals surface area contributed by atoms with E-state index < -0.39 is 9.84 Å². The van der Waals surface area contributed by atoms with E-state index in [1.165, 1.54) is 11.8 Å². The number of aliphatic imine (C=N–C) groups is 1. The van der Waals surface area contributed by atoms with E-state index in [-0.39, 0.29) is 28.7 Å². The van der Waals surface area contributed by atoms with Crippen LogP contribution in [0, 0.1) is 13.8 Å². The number of fused-ring (bicyclic) bond motifs is 1. The second kappa shape index (κ2) is 5.94. The molecule has 3 rings (SSSR count). The van der Waals surface area contributed by atoms with Crippen LogP contribution in [0.25, 0.3) is 0 Å². The Kier molecular flexibility index (Phi) is 4.27. The molecule has 0 aromatic heterocycles. The van der Waals surface area contributed by atoms with Crippen LogP contribution in [0.1, 0.15) is 24.5 Å². The predicted molar refractivity (Wildman–Crippen MR) is 94.9 cm³/mol. The van der Waals surface area contributed by atoms with Crippen LogP contribution in [0.5, 0.6) is 0 Å². The van der Waals surface area contributed by atoms with Crippen molar-refractivity contribution in [1.82, 2.24) is 0 Å². The molecule has 2 heterocycles. The molecule has 5 nitrogen and oxygen atoms in total. The van der Waals surface area contributed by atoms with Gasteiger partial charge in [0.25, 0.3) is 0 Å². The summed E-state index contributed by atoms with van der Waals surface area (Å²) in [5.74, 6) is 0.102. The quantitative estimate of drug-likeness (QED) is 0.817. The van der Waals surface area contributed by atoms with Crippen molar-refractivity contribution in [2.45, 2.75) is 38.5 Å². The summed E-state index contributed by atoms with van der Waals surface area (Å²) in [6.45, 7) is 5.80. The molecule has 2 aliphatic rings. The van der Waals surface area contributed by atoms with E-state index in [0.29, 0.717) is 11.6 Å². The Labute approximate surface area is 141 Å². The molecule has 1 amide bonds. The molecule has 0 spiro atoms. The fourth-order valence-electron chi connectivity index (χ4n) is 3.11. The van der Waals surface area contributed by atoms with Gasteiger partial charge in [-0.2, -0.15) is 4.99 Å². The Morgan fingerprint density at radius 1 is 1.35 bits per heavy atom. The number of sulfone groups is 1. The first kappa shape index (κ1) is 16.5. The molecule has 2 unspecified atom stereocenters. The summed E-state index contributed by atoms with van der Waals surface area (Å²) in [5.41, 5.74) is 3.15. The zero-order valence-corrected chi connectivity index (χ0v) is 15.1. The van der Waals surface area contributed by atoms with Crippen molar-refractivity contribution in [3.05, 3.63) is 29.3 Å². The molecule has 2 saturated heterocycles. The highest BCUT2D eigenvalue weighted by atomic mass is 32.2. The number of amides is 1. The standard InChI is InChI=1S/C16H20N2O3S2/c1-4-15(19)17-16-18(12-6-5-10(2)7-11(12)3)13-8-23(20,21)9-14(13)22-16/h5-7,13-14H,4,8-9H2,1-3H3. The second-order valence-electron chi connectivity index (χ2n) is 6.10. The second-order valence-corrected chi connectivity index (χ2v) is 9.46. The third-order valence-corrected chi connectivity index (χ3v) is 7.41. The Bertz CT molecular complexity index is 787. The van der Waals surface area contributed by atoms with E-state index in [2.05, 4.69) is 11.1 Å². The monoisotopic (exact) mass is 352 g/mol. The van der Waals surface area contributed by atoms with E-state index in [9.17, 15) is 13.2 Å². The van der Waals surface area contributed by atoms with E-state index in [0.717, 1.165) is 16.8 Å². The molecule has 7 heteroatoms. The number of aryl methyl sites for hydroxylation is 2. The van der Waals surface area contributed by atoms with E-state index in [1.807, 2.05) is 30.9 Å². The minimum Gasteiger partial charge on any atom is -0.315 e. The topological polar surface area (TPSA) is 66.8 Å². The van der Waals surface area contributed by atoms with Crippen molar-refractivity contribution in [2.24, 2.45) is 4.99 Å². The zero-order chi connectivity index (χ0) is 16.8. The predicted octanol–water partition coefficient (Wildman–Crippen LogP) is 2.31. The van der Waals surface area contributed by atoms with Crippen molar-refractivity contribution in [3.63, 3.8) is 0 Å². The normalized spacial score (nSPS) is 27.4. The summed E-state index contributed by atoms with van der Waals surface area (Å²) in [5, 5.41) is 0.581. The number of amidine groups is 1. The summed E-state index contributed by atoms with van der Waals surface area (Å²) in [7, 11) is -3.03. The van der Waals surface area contributed by atoms with Gasteiger partial charge in [0.15, 0.2) is 15.0 Å². The molecule has 0 N–H and O–H groups in total. The Morgan fingerprint density at radius 3 is 2.74 bits per heavy atom. The van der Waals surface area contributed by atoms with Crippen LogP contribution in [0.15, 0.2) is 23.2 Å². The molecule has 124 valence electrons. The van der Waals surface area contributed by atoms with E-state index in [1.54, 1.807) is 6.92 Å². The first-order chi connectivity index (χ1) is 10.8. The molecule has 2 aliphatic heterocycles. The van der Waals surface area contributed by atoms with Gasteiger partial charge in [-0.3, -0.25) is 4.79 Å². The van der Waals surface area contributed by atoms with Gasteiger partial charge in [0, 0.05) is 17.4 Å². The smallest absolute Gasteiger partial charge is 0.247 e. The van der Waals surface area contributed by atoms with Crippen molar-refractivity contribution in [2.75, 3.05) is 16.4 Å². The van der Waals surface area contributed by atoms with Gasteiger partial charge in [-0.15, -0.1) is 0 Å². The molecule has 2 atom stereocenters. The van der Waals surface area contributed by atoms with Crippen LogP contribution in [-0.4, -0.2) is 42.3 Å². The molecule has 1 aromatic carbocycles. The highest BCUT2D eigenvalue weighted by molar-refractivity contribution is 8.16. The van der Waals surface area contributed by atoms with Gasteiger partial charge in [-0.25, -0.2) is 8.42 Å². The van der Waals surface area contributed by atoms with E-state index in [4.69, 9.17) is 0 Å². The van der Waals surface area contributed by atoms with Gasteiger partial charge < -0.3 is 4.90 Å². The average Bonchev–Trinajstić information content (AvgIpc) is 2.91. The van der Waals surface area contributed by atoms with Gasteiger partial charge in [0.1, 0.15) is 0 Å². The van der Waals surface area contributed by atoms with Gasteiger partial charge in [-0.05, 0) is 25.5 Å². The fourth-order valence-corrected chi connectivity index (χ4v) is 7.03. The SMILES string of the molecule is CCC(=O)N=C1SC2CS(=O)(=O)CC2N1c1ccc(C)cc1C. The molecule has 0 aliphatic carbocycles. The first-order valence-corrected chi connectivity index (χ1v) is 10.4. The molecular weight excluding hydrogens is 332 g/mol. The number of benzene rings is 1. The highest BCUT2D eigenvalue weighted by Gasteiger charge is 2.49. The third kappa shape index (κ3) is 3.17. The third-order valence-electron chi connectivity index (χ3n) is 4.20. The minimum absolute atomic E-state index is 0.0518. The van der Waals surface area contributed by atoms with Gasteiger partial charge >= 0.3 is 0 Å². The molecule has 23 heavy (non-hydrogen) atoms. The lowest BCUT2D eigenvalue weighted by Crippen LogP contribution is -2.38. The fraction of sp³-hybridized carbons (Fsp3) is 0.500. The molecule has 0 bridgehead atoms. The first-order valence-electron chi connectivity index (χ1n) is 7.66. The minimum atomic E-state index is -3.03. The van der Waals surface area contributed by atoms with Crippen LogP contribution >= 0.6 is 11.8 Å². The summed E-state index contributed by atoms with van der Waals surface area (Å²) in [4.78, 5) is 18.0. The lowest BCUT2D eigenvalue weighted by molar-refractivity contribution is -0.117. The van der Waals surface area contributed by atoms with Gasteiger partial charge in [-0.1, -0.05) is 36.4 Å². The Balaban J connectivity index is 2.06. The summed E-state index contributed by atoms with van der Waals surface area (Å²) < 4.78 is 24.0. The number of hydrogen-bond acceptors (Lipinski definition) is 4. The summed E-state index contributed by atoms with van der Waals surface area (Å²) in [6, 6.07) is 5.92. The van der Waals surface area contributed by atoms with Crippen molar-refractivity contribution < 1.29 is 13.2 Å². The molecule has 0 radical (unpaired) electrons. The summed E-state index contributed by atoms with van der Waals surface area (Å²) >= 11 is 1.42. The largest absolute Gasteiger partial charge is 0.315 e. The Morgan fingerprint density at radius 2 is 2.09 bits per heavy atom. The van der Waals surface area contributed by atoms with E-state index >= 15 is 0 Å². The number of carbonyl (C=O) groups excluding carboxylic acids is 1. The van der Waals surface area contributed by atoms with Gasteiger partial charge in [0.05, 0.1) is 17.5 Å². The Hall–Kier alpha value is -1.34. The summed E-state index contributed by atoms with van der Waals surface area (Å²) in [6.07, 6.45) is 0.346. The van der Waals surface area contributed by atoms with Crippen LogP contribution < -0.4 is 4.90 Å². The highest BCUT2D eigenvalue weighted by Crippen LogP contribution is 2.42. The van der Waals surface area contributed by atoms with Gasteiger partial charge in [0.2, 0.25) is 5.91 Å². The molecular formula is C16H20N2O3S2. The number of hydrogen-bond donors (Lipinski definition) is 0. The zero-order valence-electron chi connectivity index (χ0n) is 13.4. The average molecular weight is 352 g/mol. The lowest BCUT2D eigenvalue weighted by Gasteiger charge is -2.26. The maximum absolute atomic E-state index is 12.0. The van der Waals surface area contributed by atoms with Crippen molar-refractivity contribution in [3.8, 4) is 0 Å². The number of nitrogens with zero attached hydrogens (tertiary/aromatic N) is 2. The molecule has 0 saturated carbocycles. The molecule has 1 aromatic rings.